The Labute approximate surface area is 165 Å². The lowest BCUT2D eigenvalue weighted by Gasteiger charge is -2.24. The highest BCUT2D eigenvalue weighted by atomic mass is 16.6. The summed E-state index contributed by atoms with van der Waals surface area (Å²) in [7, 11) is 0. The van der Waals surface area contributed by atoms with E-state index in [4.69, 9.17) is 9.47 Å². The lowest BCUT2D eigenvalue weighted by atomic mass is 10.0. The predicted molar refractivity (Wildman–Crippen MR) is 110 cm³/mol. The molecule has 1 heterocycles. The summed E-state index contributed by atoms with van der Waals surface area (Å²) in [6.07, 6.45) is -0.459. The molecule has 0 aliphatic heterocycles. The van der Waals surface area contributed by atoms with Gasteiger partial charge in [0.2, 0.25) is 0 Å². The van der Waals surface area contributed by atoms with Gasteiger partial charge in [0.15, 0.2) is 0 Å². The van der Waals surface area contributed by atoms with Crippen LogP contribution >= 0.6 is 0 Å². The van der Waals surface area contributed by atoms with Gasteiger partial charge in [-0.3, -0.25) is 0 Å². The molecule has 0 aliphatic carbocycles. The summed E-state index contributed by atoms with van der Waals surface area (Å²) in [5.41, 5.74) is 1.11. The molecule has 3 rings (SSSR count). The van der Waals surface area contributed by atoms with Crippen molar-refractivity contribution in [2.45, 2.75) is 46.3 Å². The number of amides is 1. The molecule has 0 saturated heterocycles. The van der Waals surface area contributed by atoms with Crippen molar-refractivity contribution in [3.05, 3.63) is 54.4 Å². The summed E-state index contributed by atoms with van der Waals surface area (Å²) in [6.45, 7) is 9.57. The topological polar surface area (TPSA) is 76.2 Å². The molecule has 0 aliphatic rings. The lowest BCUT2D eigenvalue weighted by Crippen LogP contribution is -2.37. The maximum Gasteiger partial charge on any atom is 0.408 e. The number of imidazole rings is 1. The number of rotatable bonds is 5. The normalized spacial score (nSPS) is 12.8. The van der Waals surface area contributed by atoms with E-state index in [2.05, 4.69) is 15.3 Å². The number of fused-ring (bicyclic) bond motifs is 1. The molecule has 6 heteroatoms. The smallest absolute Gasteiger partial charge is 0.408 e. The number of nitrogens with zero attached hydrogens (tertiary/aromatic N) is 1. The third-order valence-electron chi connectivity index (χ3n) is 4.08. The molecule has 2 N–H and O–H groups in total. The second kappa shape index (κ2) is 7.92. The molecule has 1 amide bonds. The molecule has 2 aromatic carbocycles. The lowest BCUT2D eigenvalue weighted by molar-refractivity contribution is 0.0487. The summed E-state index contributed by atoms with van der Waals surface area (Å²) in [4.78, 5) is 20.2. The molecule has 6 nitrogen and oxygen atoms in total. The van der Waals surface area contributed by atoms with Gasteiger partial charge < -0.3 is 19.8 Å². The van der Waals surface area contributed by atoms with E-state index in [1.807, 2.05) is 83.1 Å². The average Bonchev–Trinajstić information content (AvgIpc) is 3.01. The fraction of sp³-hybridized carbons (Fsp3) is 0.364. The van der Waals surface area contributed by atoms with E-state index in [0.717, 1.165) is 22.5 Å². The third-order valence-corrected chi connectivity index (χ3v) is 4.08. The van der Waals surface area contributed by atoms with Gasteiger partial charge in [-0.2, -0.15) is 0 Å². The number of benzene rings is 2. The van der Waals surface area contributed by atoms with Crippen LogP contribution < -0.4 is 10.1 Å². The van der Waals surface area contributed by atoms with Crippen LogP contribution in [0.4, 0.5) is 4.79 Å². The minimum absolute atomic E-state index is 0.133. The second-order valence-electron chi connectivity index (χ2n) is 8.08. The first-order valence-electron chi connectivity index (χ1n) is 9.43. The molecule has 0 saturated carbocycles. The number of ether oxygens (including phenoxy) is 2. The van der Waals surface area contributed by atoms with Crippen molar-refractivity contribution in [1.29, 1.82) is 0 Å². The summed E-state index contributed by atoms with van der Waals surface area (Å²) < 4.78 is 11.3. The highest BCUT2D eigenvalue weighted by Gasteiger charge is 2.25. The average molecular weight is 381 g/mol. The molecular weight excluding hydrogens is 354 g/mol. The highest BCUT2D eigenvalue weighted by molar-refractivity contribution is 5.77. The molecular formula is C22H27N3O3. The van der Waals surface area contributed by atoms with Gasteiger partial charge in [0.25, 0.3) is 0 Å². The minimum Gasteiger partial charge on any atom is -0.457 e. The van der Waals surface area contributed by atoms with Gasteiger partial charge in [-0.1, -0.05) is 32.0 Å². The Hall–Kier alpha value is -3.02. The van der Waals surface area contributed by atoms with E-state index >= 15 is 0 Å². The van der Waals surface area contributed by atoms with Crippen molar-refractivity contribution in [3.8, 4) is 11.5 Å². The number of aromatic nitrogens is 2. The number of hydrogen-bond acceptors (Lipinski definition) is 4. The van der Waals surface area contributed by atoms with Crippen molar-refractivity contribution in [2.75, 3.05) is 0 Å². The van der Waals surface area contributed by atoms with Gasteiger partial charge in [-0.05, 0) is 51.0 Å². The number of para-hydroxylation sites is 1. The Morgan fingerprint density at radius 2 is 1.79 bits per heavy atom. The standard InChI is InChI=1S/C22H27N3O3/c1-14(2)19(25-21(26)28-22(3,4)5)20-23-17-12-11-16(13-18(17)24-20)27-15-9-7-6-8-10-15/h6-14,19H,1-5H3,(H,23,24)(H,25,26). The van der Waals surface area contributed by atoms with Crippen LogP contribution in [-0.4, -0.2) is 21.7 Å². The van der Waals surface area contributed by atoms with Crippen molar-refractivity contribution in [3.63, 3.8) is 0 Å². The van der Waals surface area contributed by atoms with Crippen LogP contribution in [-0.2, 0) is 4.74 Å². The zero-order chi connectivity index (χ0) is 20.3. The second-order valence-corrected chi connectivity index (χ2v) is 8.08. The summed E-state index contributed by atoms with van der Waals surface area (Å²) in [5, 5.41) is 2.92. The summed E-state index contributed by atoms with van der Waals surface area (Å²) in [6, 6.07) is 15.0. The number of nitrogens with one attached hydrogen (secondary N) is 2. The Bertz CT molecular complexity index is 943. The molecule has 0 spiro atoms. The Morgan fingerprint density at radius 1 is 1.07 bits per heavy atom. The number of aromatic amines is 1. The quantitative estimate of drug-likeness (QED) is 0.605. The van der Waals surface area contributed by atoms with E-state index in [0.29, 0.717) is 5.82 Å². The zero-order valence-corrected chi connectivity index (χ0v) is 16.9. The molecule has 3 aromatic rings. The molecule has 1 unspecified atom stereocenters. The maximum absolute atomic E-state index is 12.2. The van der Waals surface area contributed by atoms with Gasteiger partial charge in [0.05, 0.1) is 17.1 Å². The summed E-state index contributed by atoms with van der Waals surface area (Å²) >= 11 is 0. The van der Waals surface area contributed by atoms with Crippen LogP contribution in [0.2, 0.25) is 0 Å². The Kier molecular flexibility index (Phi) is 5.58. The van der Waals surface area contributed by atoms with Crippen molar-refractivity contribution in [2.24, 2.45) is 5.92 Å². The number of carbonyl (C=O) groups excluding carboxylic acids is 1. The molecule has 148 valence electrons. The monoisotopic (exact) mass is 381 g/mol. The van der Waals surface area contributed by atoms with Crippen LogP contribution in [0, 0.1) is 5.92 Å². The van der Waals surface area contributed by atoms with Crippen LogP contribution in [0.3, 0.4) is 0 Å². The molecule has 0 bridgehead atoms. The van der Waals surface area contributed by atoms with Crippen LogP contribution in [0.1, 0.15) is 46.5 Å². The number of alkyl carbamates (subject to hydrolysis) is 1. The van der Waals surface area contributed by atoms with Crippen molar-refractivity contribution >= 4 is 17.1 Å². The molecule has 0 fully saturated rings. The van der Waals surface area contributed by atoms with Crippen molar-refractivity contribution in [1.82, 2.24) is 15.3 Å². The summed E-state index contributed by atoms with van der Waals surface area (Å²) in [5.74, 6) is 2.31. The molecule has 0 radical (unpaired) electrons. The van der Waals surface area contributed by atoms with Gasteiger partial charge >= 0.3 is 6.09 Å². The van der Waals surface area contributed by atoms with E-state index in [1.165, 1.54) is 0 Å². The fourth-order valence-electron chi connectivity index (χ4n) is 2.83. The van der Waals surface area contributed by atoms with E-state index < -0.39 is 11.7 Å². The van der Waals surface area contributed by atoms with Gasteiger partial charge in [-0.25, -0.2) is 9.78 Å². The van der Waals surface area contributed by atoms with Crippen molar-refractivity contribution < 1.29 is 14.3 Å². The van der Waals surface area contributed by atoms with E-state index in [9.17, 15) is 4.79 Å². The van der Waals surface area contributed by atoms with Gasteiger partial charge in [0.1, 0.15) is 22.9 Å². The first-order valence-corrected chi connectivity index (χ1v) is 9.43. The number of carbonyl (C=O) groups is 1. The van der Waals surface area contributed by atoms with Gasteiger partial charge in [-0.15, -0.1) is 0 Å². The SMILES string of the molecule is CC(C)C(NC(=O)OC(C)(C)C)c1nc2ccc(Oc3ccccc3)cc2[nH]1. The van der Waals surface area contributed by atoms with Gasteiger partial charge in [0, 0.05) is 6.07 Å². The third kappa shape index (κ3) is 5.03. The number of H-pyrrole nitrogens is 1. The predicted octanol–water partition coefficient (Wildman–Crippen LogP) is 5.58. The zero-order valence-electron chi connectivity index (χ0n) is 16.9. The van der Waals surface area contributed by atoms with Crippen LogP contribution in [0.5, 0.6) is 11.5 Å². The van der Waals surface area contributed by atoms with E-state index in [-0.39, 0.29) is 12.0 Å². The highest BCUT2D eigenvalue weighted by Crippen LogP contribution is 2.27. The fourth-order valence-corrected chi connectivity index (χ4v) is 2.83. The molecule has 1 atom stereocenters. The minimum atomic E-state index is -0.552. The van der Waals surface area contributed by atoms with E-state index in [1.54, 1.807) is 0 Å². The first kappa shape index (κ1) is 19.7. The van der Waals surface area contributed by atoms with Crippen LogP contribution in [0.15, 0.2) is 48.5 Å². The van der Waals surface area contributed by atoms with Crippen LogP contribution in [0.25, 0.3) is 11.0 Å². The Morgan fingerprint density at radius 3 is 2.43 bits per heavy atom. The first-order chi connectivity index (χ1) is 13.2. The largest absolute Gasteiger partial charge is 0.457 e. The number of hydrogen-bond donors (Lipinski definition) is 2. The molecule has 28 heavy (non-hydrogen) atoms. The Balaban J connectivity index is 1.81. The molecule has 1 aromatic heterocycles. The maximum atomic E-state index is 12.2.